The number of fused-ring (bicyclic) bond motifs is 1. The van der Waals surface area contributed by atoms with Crippen molar-refractivity contribution >= 4 is 28.3 Å². The topological polar surface area (TPSA) is 61.9 Å². The molecule has 3 aromatic rings. The van der Waals surface area contributed by atoms with E-state index in [1.54, 1.807) is 6.20 Å². The van der Waals surface area contributed by atoms with E-state index in [4.69, 9.17) is 16.6 Å². The zero-order chi connectivity index (χ0) is 21.8. The molecule has 2 aromatic carbocycles. The minimum absolute atomic E-state index is 0.394. The highest BCUT2D eigenvalue weighted by atomic mass is 35.5. The van der Waals surface area contributed by atoms with Gasteiger partial charge in [-0.15, -0.1) is 0 Å². The lowest BCUT2D eigenvalue weighted by atomic mass is 9.90. The second-order valence-corrected chi connectivity index (χ2v) is 9.48. The largest absolute Gasteiger partial charge is 0.351 e. The van der Waals surface area contributed by atoms with E-state index in [0.717, 1.165) is 53.9 Å². The van der Waals surface area contributed by atoms with Gasteiger partial charge in [-0.25, -0.2) is 9.97 Å². The number of nitrogens with zero attached hydrogens (tertiary/aromatic N) is 2. The predicted octanol–water partition coefficient (Wildman–Crippen LogP) is 4.86. The SMILES string of the molecule is Clc1cnc(NC2CCC(NCC3CCCNC3)CC2)nc1-c1cc#cc2ccccc12. The second-order valence-electron chi connectivity index (χ2n) is 9.08. The van der Waals surface area contributed by atoms with E-state index < -0.39 is 0 Å². The summed E-state index contributed by atoms with van der Waals surface area (Å²) >= 11 is 6.50. The molecule has 1 aromatic heterocycles. The van der Waals surface area contributed by atoms with Crippen molar-refractivity contribution < 1.29 is 0 Å². The lowest BCUT2D eigenvalue weighted by molar-refractivity contribution is 0.303. The van der Waals surface area contributed by atoms with E-state index in [2.05, 4.69) is 39.1 Å². The van der Waals surface area contributed by atoms with Crippen LogP contribution in [0.3, 0.4) is 0 Å². The van der Waals surface area contributed by atoms with E-state index in [9.17, 15) is 0 Å². The number of hydrogen-bond donors (Lipinski definition) is 3. The third-order valence-electron chi connectivity index (χ3n) is 6.79. The number of aromatic nitrogens is 2. The summed E-state index contributed by atoms with van der Waals surface area (Å²) in [7, 11) is 0. The molecule has 1 saturated heterocycles. The van der Waals surface area contributed by atoms with Gasteiger partial charge < -0.3 is 16.0 Å². The van der Waals surface area contributed by atoms with E-state index in [1.807, 2.05) is 24.3 Å². The Bertz CT molecular complexity index is 1040. The first-order valence-corrected chi connectivity index (χ1v) is 12.2. The molecule has 1 aliphatic heterocycles. The number of nitrogens with one attached hydrogen (secondary N) is 3. The fourth-order valence-corrected chi connectivity index (χ4v) is 5.16. The van der Waals surface area contributed by atoms with Crippen LogP contribution < -0.4 is 16.0 Å². The van der Waals surface area contributed by atoms with Crippen molar-refractivity contribution in [2.45, 2.75) is 50.6 Å². The van der Waals surface area contributed by atoms with Gasteiger partial charge in [-0.1, -0.05) is 41.9 Å². The van der Waals surface area contributed by atoms with Crippen LogP contribution >= 0.6 is 11.6 Å². The van der Waals surface area contributed by atoms with Crippen LogP contribution in [0.2, 0.25) is 5.02 Å². The number of piperidine rings is 1. The number of hydrogen-bond acceptors (Lipinski definition) is 5. The van der Waals surface area contributed by atoms with Crippen LogP contribution in [-0.2, 0) is 0 Å². The first kappa shape index (κ1) is 21.5. The summed E-state index contributed by atoms with van der Waals surface area (Å²) in [4.78, 5) is 9.25. The number of benzene rings is 1. The number of anilines is 1. The van der Waals surface area contributed by atoms with E-state index >= 15 is 0 Å². The van der Waals surface area contributed by atoms with Crippen LogP contribution in [0.15, 0.2) is 36.5 Å². The Morgan fingerprint density at radius 2 is 1.94 bits per heavy atom. The van der Waals surface area contributed by atoms with Gasteiger partial charge in [0, 0.05) is 28.4 Å². The molecule has 5 nitrogen and oxygen atoms in total. The van der Waals surface area contributed by atoms with Gasteiger partial charge >= 0.3 is 0 Å². The minimum atomic E-state index is 0.394. The fourth-order valence-electron chi connectivity index (χ4n) is 4.97. The van der Waals surface area contributed by atoms with Gasteiger partial charge in [-0.2, -0.15) is 0 Å². The van der Waals surface area contributed by atoms with Crippen molar-refractivity contribution in [3.63, 3.8) is 0 Å². The third-order valence-corrected chi connectivity index (χ3v) is 7.07. The molecular formula is C26H30ClN5. The summed E-state index contributed by atoms with van der Waals surface area (Å²) in [5.41, 5.74) is 1.70. The Kier molecular flexibility index (Phi) is 6.73. The van der Waals surface area contributed by atoms with E-state index in [1.165, 1.54) is 32.2 Å². The Morgan fingerprint density at radius 1 is 1.09 bits per heavy atom. The fraction of sp³-hybridized carbons (Fsp3) is 0.462. The van der Waals surface area contributed by atoms with Crippen molar-refractivity contribution in [3.05, 3.63) is 53.7 Å². The van der Waals surface area contributed by atoms with Crippen molar-refractivity contribution in [1.82, 2.24) is 20.6 Å². The van der Waals surface area contributed by atoms with Gasteiger partial charge in [0.15, 0.2) is 0 Å². The van der Waals surface area contributed by atoms with Gasteiger partial charge in [0.25, 0.3) is 0 Å². The average Bonchev–Trinajstić information content (AvgIpc) is 2.85. The average molecular weight is 448 g/mol. The molecule has 32 heavy (non-hydrogen) atoms. The lowest BCUT2D eigenvalue weighted by Crippen LogP contribution is -2.42. The van der Waals surface area contributed by atoms with Crippen molar-refractivity contribution in [2.75, 3.05) is 25.0 Å². The predicted molar refractivity (Wildman–Crippen MR) is 131 cm³/mol. The summed E-state index contributed by atoms with van der Waals surface area (Å²) in [6, 6.07) is 17.3. The lowest BCUT2D eigenvalue weighted by Gasteiger charge is -2.32. The summed E-state index contributed by atoms with van der Waals surface area (Å²) < 4.78 is 0. The maximum absolute atomic E-state index is 6.50. The molecule has 2 heterocycles. The number of halogens is 1. The molecule has 0 spiro atoms. The molecule has 2 fully saturated rings. The summed E-state index contributed by atoms with van der Waals surface area (Å²) in [6.07, 6.45) is 8.97. The van der Waals surface area contributed by atoms with Crippen molar-refractivity contribution in [2.24, 2.45) is 5.92 Å². The van der Waals surface area contributed by atoms with Gasteiger partial charge in [0.2, 0.25) is 5.95 Å². The molecule has 1 aliphatic carbocycles. The molecule has 0 bridgehead atoms. The molecule has 0 amide bonds. The molecule has 5 rings (SSSR count). The highest BCUT2D eigenvalue weighted by molar-refractivity contribution is 6.33. The van der Waals surface area contributed by atoms with Crippen LogP contribution in [-0.4, -0.2) is 41.7 Å². The van der Waals surface area contributed by atoms with Gasteiger partial charge in [0.05, 0.1) is 16.9 Å². The standard InChI is InChI=1S/C26H30ClN5/c27-24-17-30-26(32-25(24)23-9-3-7-19-6-1-2-8-22(19)23)31-21-12-10-20(11-13-21)29-16-18-5-4-14-28-15-18/h1-2,6,8-9,17-18,20-21,28-29H,4-5,10-16H2,(H,30,31,32). The highest BCUT2D eigenvalue weighted by Gasteiger charge is 2.23. The zero-order valence-corrected chi connectivity index (χ0v) is 19.1. The highest BCUT2D eigenvalue weighted by Crippen LogP contribution is 2.31. The Hall–Kier alpha value is -2.39. The second kappa shape index (κ2) is 10.0. The van der Waals surface area contributed by atoms with Crippen LogP contribution in [0, 0.1) is 18.1 Å². The summed E-state index contributed by atoms with van der Waals surface area (Å²) in [5.74, 6) is 1.43. The normalized spacial score (nSPS) is 23.6. The van der Waals surface area contributed by atoms with E-state index in [0.29, 0.717) is 23.1 Å². The summed E-state index contributed by atoms with van der Waals surface area (Å²) in [5, 5.41) is 13.5. The maximum atomic E-state index is 6.50. The summed E-state index contributed by atoms with van der Waals surface area (Å²) in [6.45, 7) is 3.48. The molecular weight excluding hydrogens is 418 g/mol. The van der Waals surface area contributed by atoms with Gasteiger partial charge in [-0.3, -0.25) is 0 Å². The molecule has 1 atom stereocenters. The monoisotopic (exact) mass is 447 g/mol. The zero-order valence-electron chi connectivity index (χ0n) is 18.3. The van der Waals surface area contributed by atoms with Crippen LogP contribution in [0.1, 0.15) is 38.5 Å². The Morgan fingerprint density at radius 3 is 2.78 bits per heavy atom. The molecule has 3 N–H and O–H groups in total. The molecule has 0 radical (unpaired) electrons. The molecule has 6 heteroatoms. The molecule has 1 saturated carbocycles. The van der Waals surface area contributed by atoms with E-state index in [-0.39, 0.29) is 0 Å². The quantitative estimate of drug-likeness (QED) is 0.503. The Balaban J connectivity index is 1.21. The molecule has 1 unspecified atom stereocenters. The van der Waals surface area contributed by atoms with Gasteiger partial charge in [-0.05, 0) is 76.2 Å². The van der Waals surface area contributed by atoms with Crippen LogP contribution in [0.25, 0.3) is 22.0 Å². The first-order valence-electron chi connectivity index (χ1n) is 11.8. The molecule has 2 aliphatic rings. The van der Waals surface area contributed by atoms with Crippen LogP contribution in [0.4, 0.5) is 5.95 Å². The molecule has 166 valence electrons. The van der Waals surface area contributed by atoms with Crippen molar-refractivity contribution in [1.29, 1.82) is 0 Å². The minimum Gasteiger partial charge on any atom is -0.351 e. The third kappa shape index (κ3) is 4.99. The number of rotatable bonds is 6. The van der Waals surface area contributed by atoms with Crippen molar-refractivity contribution in [3.8, 4) is 11.3 Å². The Labute approximate surface area is 195 Å². The first-order chi connectivity index (χ1) is 15.8. The smallest absolute Gasteiger partial charge is 0.223 e. The van der Waals surface area contributed by atoms with Gasteiger partial charge in [0.1, 0.15) is 0 Å². The maximum Gasteiger partial charge on any atom is 0.223 e. The van der Waals surface area contributed by atoms with Crippen LogP contribution in [0.5, 0.6) is 0 Å².